The number of fused-ring (bicyclic) bond motifs is 1. The second-order valence-corrected chi connectivity index (χ2v) is 5.54. The lowest BCUT2D eigenvalue weighted by molar-refractivity contribution is 0.0711. The first kappa shape index (κ1) is 13.9. The van der Waals surface area contributed by atoms with Crippen LogP contribution in [0.25, 0.3) is 5.65 Å². The van der Waals surface area contributed by atoms with Crippen LogP contribution in [-0.2, 0) is 6.42 Å². The largest absolute Gasteiger partial charge is 0.337 e. The van der Waals surface area contributed by atoms with Crippen molar-refractivity contribution in [3.8, 4) is 0 Å². The Morgan fingerprint density at radius 2 is 2.39 bits per heavy atom. The van der Waals surface area contributed by atoms with Crippen LogP contribution in [0.1, 0.15) is 47.9 Å². The van der Waals surface area contributed by atoms with E-state index in [1.54, 1.807) is 21.7 Å². The Labute approximate surface area is 132 Å². The highest BCUT2D eigenvalue weighted by atomic mass is 16.5. The molecule has 3 aromatic rings. The van der Waals surface area contributed by atoms with E-state index < -0.39 is 0 Å². The van der Waals surface area contributed by atoms with Crippen molar-refractivity contribution in [2.75, 3.05) is 6.54 Å². The summed E-state index contributed by atoms with van der Waals surface area (Å²) in [5.41, 5.74) is 1.09. The summed E-state index contributed by atoms with van der Waals surface area (Å²) in [6.07, 6.45) is 5.85. The third kappa shape index (κ3) is 2.26. The molecule has 118 valence electrons. The van der Waals surface area contributed by atoms with Gasteiger partial charge in [0.1, 0.15) is 12.4 Å². The van der Waals surface area contributed by atoms with E-state index in [-0.39, 0.29) is 11.9 Å². The molecule has 0 bridgehead atoms. The zero-order chi connectivity index (χ0) is 15.8. The van der Waals surface area contributed by atoms with Gasteiger partial charge in [0, 0.05) is 19.2 Å². The third-order valence-corrected chi connectivity index (χ3v) is 4.15. The van der Waals surface area contributed by atoms with Gasteiger partial charge in [0.25, 0.3) is 5.91 Å². The average Bonchev–Trinajstić information content (AvgIpc) is 3.31. The standard InChI is InChI=1S/C15H16N6O2/c1-2-12-17-14(23-19-12)11-6-4-8-21(11)15(22)10-5-3-7-20-9-16-18-13(10)20/h3,5,7,9,11H,2,4,6,8H2,1H3/t11-/m0/s1. The van der Waals surface area contributed by atoms with Gasteiger partial charge >= 0.3 is 0 Å². The Balaban J connectivity index is 1.68. The number of aromatic nitrogens is 5. The van der Waals surface area contributed by atoms with Crippen LogP contribution in [0, 0.1) is 0 Å². The summed E-state index contributed by atoms with van der Waals surface area (Å²) < 4.78 is 7.08. The number of hydrogen-bond donors (Lipinski definition) is 0. The molecule has 0 radical (unpaired) electrons. The first-order valence-corrected chi connectivity index (χ1v) is 7.69. The first-order chi connectivity index (χ1) is 11.3. The Bertz CT molecular complexity index is 854. The number of hydrogen-bond acceptors (Lipinski definition) is 6. The van der Waals surface area contributed by atoms with Crippen LogP contribution in [-0.4, -0.2) is 42.1 Å². The molecule has 1 fully saturated rings. The molecule has 0 aliphatic carbocycles. The molecule has 0 saturated carbocycles. The van der Waals surface area contributed by atoms with Crippen LogP contribution in [0.3, 0.4) is 0 Å². The predicted octanol–water partition coefficient (Wildman–Crippen LogP) is 1.65. The fourth-order valence-electron chi connectivity index (χ4n) is 2.99. The molecule has 1 atom stereocenters. The molecule has 0 aromatic carbocycles. The van der Waals surface area contributed by atoms with Crippen molar-refractivity contribution in [3.05, 3.63) is 41.9 Å². The Kier molecular flexibility index (Phi) is 3.29. The van der Waals surface area contributed by atoms with E-state index in [0.717, 1.165) is 12.8 Å². The molecule has 1 aliphatic rings. The average molecular weight is 312 g/mol. The van der Waals surface area contributed by atoms with Crippen molar-refractivity contribution in [1.29, 1.82) is 0 Å². The summed E-state index contributed by atoms with van der Waals surface area (Å²) in [5, 5.41) is 11.8. The van der Waals surface area contributed by atoms with Crippen LogP contribution < -0.4 is 0 Å². The minimum atomic E-state index is -0.168. The van der Waals surface area contributed by atoms with Crippen molar-refractivity contribution in [2.24, 2.45) is 0 Å². The Hall–Kier alpha value is -2.77. The highest BCUT2D eigenvalue weighted by Gasteiger charge is 2.35. The van der Waals surface area contributed by atoms with Gasteiger partial charge < -0.3 is 9.42 Å². The number of carbonyl (C=O) groups excluding carboxylic acids is 1. The van der Waals surface area contributed by atoms with E-state index in [9.17, 15) is 4.79 Å². The monoisotopic (exact) mass is 312 g/mol. The molecule has 0 N–H and O–H groups in total. The van der Waals surface area contributed by atoms with Crippen molar-refractivity contribution in [1.82, 2.24) is 29.6 Å². The summed E-state index contributed by atoms with van der Waals surface area (Å²) in [7, 11) is 0. The molecule has 3 aromatic heterocycles. The smallest absolute Gasteiger partial charge is 0.258 e. The molecule has 23 heavy (non-hydrogen) atoms. The molecule has 1 saturated heterocycles. The van der Waals surface area contributed by atoms with Crippen molar-refractivity contribution >= 4 is 11.6 Å². The molecule has 1 amide bonds. The number of amides is 1. The number of carbonyl (C=O) groups is 1. The number of aryl methyl sites for hydroxylation is 1. The van der Waals surface area contributed by atoms with Gasteiger partial charge in [-0.2, -0.15) is 4.98 Å². The number of pyridine rings is 1. The minimum Gasteiger partial charge on any atom is -0.337 e. The highest BCUT2D eigenvalue weighted by Crippen LogP contribution is 2.32. The number of rotatable bonds is 3. The second kappa shape index (κ2) is 5.45. The van der Waals surface area contributed by atoms with E-state index in [1.165, 1.54) is 0 Å². The molecule has 8 nitrogen and oxygen atoms in total. The fraction of sp³-hybridized carbons (Fsp3) is 0.400. The number of nitrogens with zero attached hydrogens (tertiary/aromatic N) is 6. The van der Waals surface area contributed by atoms with Gasteiger partial charge in [0.2, 0.25) is 5.89 Å². The van der Waals surface area contributed by atoms with Gasteiger partial charge in [0.05, 0.1) is 5.56 Å². The summed E-state index contributed by atoms with van der Waals surface area (Å²) in [4.78, 5) is 19.1. The SMILES string of the molecule is CCc1noc([C@@H]2CCCN2C(=O)c2cccn3cnnc23)n1. The molecular weight excluding hydrogens is 296 g/mol. The molecule has 8 heteroatoms. The van der Waals surface area contributed by atoms with Crippen molar-refractivity contribution in [2.45, 2.75) is 32.2 Å². The van der Waals surface area contributed by atoms with Gasteiger partial charge in [-0.15, -0.1) is 10.2 Å². The van der Waals surface area contributed by atoms with Gasteiger partial charge in [-0.1, -0.05) is 12.1 Å². The summed E-state index contributed by atoms with van der Waals surface area (Å²) in [6, 6.07) is 3.42. The zero-order valence-electron chi connectivity index (χ0n) is 12.7. The van der Waals surface area contributed by atoms with Crippen LogP contribution in [0.15, 0.2) is 29.2 Å². The second-order valence-electron chi connectivity index (χ2n) is 5.54. The molecular formula is C15H16N6O2. The molecule has 0 spiro atoms. The van der Waals surface area contributed by atoms with Crippen LogP contribution in [0.2, 0.25) is 0 Å². The lowest BCUT2D eigenvalue weighted by Crippen LogP contribution is -2.31. The summed E-state index contributed by atoms with van der Waals surface area (Å²) in [6.45, 7) is 2.64. The zero-order valence-corrected chi connectivity index (χ0v) is 12.7. The lowest BCUT2D eigenvalue weighted by Gasteiger charge is -2.21. The molecule has 1 aliphatic heterocycles. The molecule has 4 heterocycles. The molecule has 4 rings (SSSR count). The fourth-order valence-corrected chi connectivity index (χ4v) is 2.99. The third-order valence-electron chi connectivity index (χ3n) is 4.15. The van der Waals surface area contributed by atoms with Crippen molar-refractivity contribution < 1.29 is 9.32 Å². The molecule has 0 unspecified atom stereocenters. The summed E-state index contributed by atoms with van der Waals surface area (Å²) in [5.74, 6) is 1.10. The lowest BCUT2D eigenvalue weighted by atomic mass is 10.2. The van der Waals surface area contributed by atoms with Crippen molar-refractivity contribution in [3.63, 3.8) is 0 Å². The maximum Gasteiger partial charge on any atom is 0.258 e. The Morgan fingerprint density at radius 3 is 3.22 bits per heavy atom. The number of likely N-dealkylation sites (tertiary alicyclic amines) is 1. The van der Waals surface area contributed by atoms with Gasteiger partial charge in [-0.3, -0.25) is 9.20 Å². The van der Waals surface area contributed by atoms with Gasteiger partial charge in [-0.25, -0.2) is 0 Å². The van der Waals surface area contributed by atoms with Gasteiger partial charge in [0.15, 0.2) is 11.5 Å². The first-order valence-electron chi connectivity index (χ1n) is 7.69. The van der Waals surface area contributed by atoms with E-state index in [1.807, 2.05) is 19.2 Å². The summed E-state index contributed by atoms with van der Waals surface area (Å²) >= 11 is 0. The van der Waals surface area contributed by atoms with E-state index in [0.29, 0.717) is 35.9 Å². The Morgan fingerprint density at radius 1 is 1.48 bits per heavy atom. The normalized spacial score (nSPS) is 18.0. The maximum atomic E-state index is 13.0. The maximum absolute atomic E-state index is 13.0. The quantitative estimate of drug-likeness (QED) is 0.730. The van der Waals surface area contributed by atoms with Crippen LogP contribution >= 0.6 is 0 Å². The van der Waals surface area contributed by atoms with Crippen LogP contribution in [0.4, 0.5) is 0 Å². The van der Waals surface area contributed by atoms with E-state index in [4.69, 9.17) is 4.52 Å². The van der Waals surface area contributed by atoms with Gasteiger partial charge in [-0.05, 0) is 25.0 Å². The van der Waals surface area contributed by atoms with E-state index in [2.05, 4.69) is 20.3 Å². The van der Waals surface area contributed by atoms with E-state index >= 15 is 0 Å². The topological polar surface area (TPSA) is 89.4 Å². The minimum absolute atomic E-state index is 0.0812. The van der Waals surface area contributed by atoms with Crippen LogP contribution in [0.5, 0.6) is 0 Å². The predicted molar refractivity (Wildman–Crippen MR) is 79.7 cm³/mol. The highest BCUT2D eigenvalue weighted by molar-refractivity contribution is 6.00.